The summed E-state index contributed by atoms with van der Waals surface area (Å²) in [5.41, 5.74) is 2.09. The molecule has 1 fully saturated rings. The van der Waals surface area contributed by atoms with E-state index in [-0.39, 0.29) is 11.8 Å². The maximum Gasteiger partial charge on any atom is 0.273 e. The zero-order chi connectivity index (χ0) is 18.1. The maximum absolute atomic E-state index is 13.3. The van der Waals surface area contributed by atoms with Gasteiger partial charge in [-0.2, -0.15) is 0 Å². The van der Waals surface area contributed by atoms with Crippen LogP contribution < -0.4 is 5.32 Å². The Kier molecular flexibility index (Phi) is 4.12. The van der Waals surface area contributed by atoms with Gasteiger partial charge in [-0.05, 0) is 18.6 Å². The van der Waals surface area contributed by atoms with E-state index in [2.05, 4.69) is 15.3 Å². The molecular formula is C19H19N5O2. The van der Waals surface area contributed by atoms with Gasteiger partial charge < -0.3 is 10.2 Å². The predicted octanol–water partition coefficient (Wildman–Crippen LogP) is 1.22. The first-order chi connectivity index (χ1) is 12.6. The topological polar surface area (TPSA) is 79.6 Å². The number of amides is 2. The highest BCUT2D eigenvalue weighted by Crippen LogP contribution is 2.18. The van der Waals surface area contributed by atoms with E-state index in [1.807, 2.05) is 30.3 Å². The molecule has 0 aliphatic carbocycles. The van der Waals surface area contributed by atoms with Crippen molar-refractivity contribution in [2.24, 2.45) is 0 Å². The summed E-state index contributed by atoms with van der Waals surface area (Å²) in [6.45, 7) is 2.71. The molecule has 0 unspecified atom stereocenters. The van der Waals surface area contributed by atoms with Crippen LogP contribution in [0.15, 0.2) is 48.8 Å². The van der Waals surface area contributed by atoms with Crippen LogP contribution in [0.4, 0.5) is 0 Å². The van der Waals surface area contributed by atoms with E-state index in [0.29, 0.717) is 36.7 Å². The SMILES string of the molecule is Cc1nc2ncccn2c1C(=O)N1CCNC(=O)[C@@H]1Cc1ccccc1. The summed E-state index contributed by atoms with van der Waals surface area (Å²) in [5, 5.41) is 2.87. The van der Waals surface area contributed by atoms with E-state index in [1.54, 1.807) is 34.7 Å². The number of piperazine rings is 1. The van der Waals surface area contributed by atoms with Crippen LogP contribution in [0.2, 0.25) is 0 Å². The first kappa shape index (κ1) is 16.3. The quantitative estimate of drug-likeness (QED) is 0.771. The van der Waals surface area contributed by atoms with Gasteiger partial charge in [-0.25, -0.2) is 9.97 Å². The van der Waals surface area contributed by atoms with Crippen molar-refractivity contribution in [3.05, 3.63) is 65.7 Å². The van der Waals surface area contributed by atoms with Gasteiger partial charge in [0.15, 0.2) is 0 Å². The summed E-state index contributed by atoms with van der Waals surface area (Å²) in [7, 11) is 0. The lowest BCUT2D eigenvalue weighted by molar-refractivity contribution is -0.127. The molecule has 0 radical (unpaired) electrons. The van der Waals surface area contributed by atoms with Crippen molar-refractivity contribution in [2.45, 2.75) is 19.4 Å². The molecule has 1 saturated heterocycles. The molecule has 7 nitrogen and oxygen atoms in total. The zero-order valence-corrected chi connectivity index (χ0v) is 14.4. The van der Waals surface area contributed by atoms with Crippen LogP contribution in [0.25, 0.3) is 5.78 Å². The molecule has 2 aromatic heterocycles. The molecule has 132 valence electrons. The fourth-order valence-corrected chi connectivity index (χ4v) is 3.39. The molecule has 1 atom stereocenters. The van der Waals surface area contributed by atoms with Crippen molar-refractivity contribution >= 4 is 17.6 Å². The molecule has 3 heterocycles. The second kappa shape index (κ2) is 6.59. The number of aryl methyl sites for hydroxylation is 1. The van der Waals surface area contributed by atoms with Gasteiger partial charge in [0.1, 0.15) is 11.7 Å². The predicted molar refractivity (Wildman–Crippen MR) is 95.7 cm³/mol. The van der Waals surface area contributed by atoms with E-state index in [4.69, 9.17) is 0 Å². The van der Waals surface area contributed by atoms with Crippen molar-refractivity contribution < 1.29 is 9.59 Å². The Bertz CT molecular complexity index is 966. The number of fused-ring (bicyclic) bond motifs is 1. The summed E-state index contributed by atoms with van der Waals surface area (Å²) in [6.07, 6.45) is 3.89. The minimum absolute atomic E-state index is 0.127. The van der Waals surface area contributed by atoms with Gasteiger partial charge in [0.25, 0.3) is 5.91 Å². The Morgan fingerprint density at radius 1 is 1.27 bits per heavy atom. The third-order valence-corrected chi connectivity index (χ3v) is 4.64. The van der Waals surface area contributed by atoms with E-state index in [9.17, 15) is 9.59 Å². The highest BCUT2D eigenvalue weighted by molar-refractivity contribution is 5.98. The number of carbonyl (C=O) groups is 2. The number of imidazole rings is 1. The minimum Gasteiger partial charge on any atom is -0.353 e. The number of benzene rings is 1. The van der Waals surface area contributed by atoms with Crippen molar-refractivity contribution in [1.29, 1.82) is 0 Å². The molecule has 3 aromatic rings. The summed E-state index contributed by atoms with van der Waals surface area (Å²) >= 11 is 0. The van der Waals surface area contributed by atoms with Crippen LogP contribution in [-0.2, 0) is 11.2 Å². The van der Waals surface area contributed by atoms with Gasteiger partial charge >= 0.3 is 0 Å². The first-order valence-electron chi connectivity index (χ1n) is 8.57. The Labute approximate surface area is 150 Å². The summed E-state index contributed by atoms with van der Waals surface area (Å²) in [6, 6.07) is 10.9. The van der Waals surface area contributed by atoms with Crippen molar-refractivity contribution in [3.63, 3.8) is 0 Å². The first-order valence-corrected chi connectivity index (χ1v) is 8.57. The standard InChI is InChI=1S/C19H19N5O2/c1-13-16(24-10-5-8-21-19(24)22-13)18(26)23-11-9-20-17(25)15(23)12-14-6-3-2-4-7-14/h2-8,10,15H,9,11-12H2,1H3,(H,20,25)/t15-/m0/s1. The van der Waals surface area contributed by atoms with E-state index in [0.717, 1.165) is 5.56 Å². The number of carbonyl (C=O) groups excluding carboxylic acids is 2. The summed E-state index contributed by atoms with van der Waals surface area (Å²) < 4.78 is 1.68. The van der Waals surface area contributed by atoms with Crippen LogP contribution >= 0.6 is 0 Å². The highest BCUT2D eigenvalue weighted by Gasteiger charge is 2.35. The monoisotopic (exact) mass is 349 g/mol. The highest BCUT2D eigenvalue weighted by atomic mass is 16.2. The maximum atomic E-state index is 13.3. The largest absolute Gasteiger partial charge is 0.353 e. The van der Waals surface area contributed by atoms with E-state index < -0.39 is 6.04 Å². The number of hydrogen-bond donors (Lipinski definition) is 1. The fourth-order valence-electron chi connectivity index (χ4n) is 3.39. The van der Waals surface area contributed by atoms with Crippen LogP contribution in [0.1, 0.15) is 21.7 Å². The van der Waals surface area contributed by atoms with Gasteiger partial charge in [-0.15, -0.1) is 0 Å². The third-order valence-electron chi connectivity index (χ3n) is 4.64. The molecule has 0 saturated carbocycles. The third kappa shape index (κ3) is 2.81. The molecule has 0 bridgehead atoms. The molecule has 0 spiro atoms. The molecular weight excluding hydrogens is 330 g/mol. The van der Waals surface area contributed by atoms with Gasteiger partial charge in [-0.3, -0.25) is 14.0 Å². The average Bonchev–Trinajstić information content (AvgIpc) is 2.99. The van der Waals surface area contributed by atoms with Gasteiger partial charge in [0.05, 0.1) is 5.69 Å². The Morgan fingerprint density at radius 2 is 2.08 bits per heavy atom. The van der Waals surface area contributed by atoms with E-state index >= 15 is 0 Å². The van der Waals surface area contributed by atoms with Gasteiger partial charge in [0, 0.05) is 31.9 Å². The van der Waals surface area contributed by atoms with Crippen LogP contribution in [-0.4, -0.2) is 50.2 Å². The van der Waals surface area contributed by atoms with Crippen molar-refractivity contribution in [3.8, 4) is 0 Å². The van der Waals surface area contributed by atoms with Gasteiger partial charge in [-0.1, -0.05) is 30.3 Å². The van der Waals surface area contributed by atoms with Gasteiger partial charge in [0.2, 0.25) is 11.7 Å². The Balaban J connectivity index is 1.70. The lowest BCUT2D eigenvalue weighted by Crippen LogP contribution is -2.58. The molecule has 1 aliphatic rings. The zero-order valence-electron chi connectivity index (χ0n) is 14.4. The number of hydrogen-bond acceptors (Lipinski definition) is 4. The van der Waals surface area contributed by atoms with Crippen LogP contribution in [0.5, 0.6) is 0 Å². The summed E-state index contributed by atoms with van der Waals surface area (Å²) in [4.78, 5) is 36.0. The Hall–Kier alpha value is -3.22. The molecule has 1 aromatic carbocycles. The van der Waals surface area contributed by atoms with Crippen LogP contribution in [0, 0.1) is 6.92 Å². The lowest BCUT2D eigenvalue weighted by Gasteiger charge is -2.35. The summed E-state index contributed by atoms with van der Waals surface area (Å²) in [5.74, 6) is 0.159. The minimum atomic E-state index is -0.541. The molecule has 26 heavy (non-hydrogen) atoms. The molecule has 1 aliphatic heterocycles. The van der Waals surface area contributed by atoms with Crippen molar-refractivity contribution in [1.82, 2.24) is 24.6 Å². The lowest BCUT2D eigenvalue weighted by atomic mass is 10.0. The normalized spacial score (nSPS) is 17.3. The van der Waals surface area contributed by atoms with Crippen molar-refractivity contribution in [2.75, 3.05) is 13.1 Å². The second-order valence-corrected chi connectivity index (χ2v) is 6.33. The molecule has 7 heteroatoms. The number of nitrogens with one attached hydrogen (secondary N) is 1. The van der Waals surface area contributed by atoms with E-state index in [1.165, 1.54) is 0 Å². The smallest absolute Gasteiger partial charge is 0.273 e. The number of aromatic nitrogens is 3. The number of nitrogens with zero attached hydrogens (tertiary/aromatic N) is 4. The average molecular weight is 349 g/mol. The Morgan fingerprint density at radius 3 is 2.88 bits per heavy atom. The van der Waals surface area contributed by atoms with Crippen LogP contribution in [0.3, 0.4) is 0 Å². The fraction of sp³-hybridized carbons (Fsp3) is 0.263. The molecule has 1 N–H and O–H groups in total. The number of rotatable bonds is 3. The second-order valence-electron chi connectivity index (χ2n) is 6.33. The molecule has 4 rings (SSSR count). The molecule has 2 amide bonds.